The molecule has 1 aromatic heterocycles. The summed E-state index contributed by atoms with van der Waals surface area (Å²) in [5, 5.41) is 9.73. The third-order valence-electron chi connectivity index (χ3n) is 3.58. The van der Waals surface area contributed by atoms with Crippen LogP contribution in [-0.4, -0.2) is 32.6 Å². The molecule has 2 aromatic carbocycles. The van der Waals surface area contributed by atoms with Crippen LogP contribution in [0.1, 0.15) is 19.7 Å². The SMILES string of the molecule is CC(C)OC(=O)CSc1nnc(COc2ccc(Cl)cc2)n1-c1ccccc1. The third-order valence-corrected chi connectivity index (χ3v) is 4.74. The number of esters is 1. The number of benzene rings is 2. The van der Waals surface area contributed by atoms with Gasteiger partial charge < -0.3 is 9.47 Å². The van der Waals surface area contributed by atoms with E-state index in [1.807, 2.05) is 48.7 Å². The topological polar surface area (TPSA) is 66.2 Å². The van der Waals surface area contributed by atoms with Crippen LogP contribution in [0.25, 0.3) is 5.69 Å². The summed E-state index contributed by atoms with van der Waals surface area (Å²) < 4.78 is 12.9. The number of aromatic nitrogens is 3. The van der Waals surface area contributed by atoms with E-state index in [4.69, 9.17) is 21.1 Å². The fourth-order valence-electron chi connectivity index (χ4n) is 2.42. The Morgan fingerprint density at radius 3 is 2.50 bits per heavy atom. The molecule has 0 saturated carbocycles. The average molecular weight is 418 g/mol. The van der Waals surface area contributed by atoms with Gasteiger partial charge in [0.25, 0.3) is 0 Å². The van der Waals surface area contributed by atoms with Crippen LogP contribution in [0.3, 0.4) is 0 Å². The molecule has 0 spiro atoms. The Morgan fingerprint density at radius 2 is 1.82 bits per heavy atom. The first-order valence-corrected chi connectivity index (χ1v) is 10.1. The molecule has 0 aliphatic heterocycles. The minimum absolute atomic E-state index is 0.150. The van der Waals surface area contributed by atoms with Gasteiger partial charge in [-0.2, -0.15) is 0 Å². The Hall–Kier alpha value is -2.51. The number of halogens is 1. The van der Waals surface area contributed by atoms with Crippen molar-refractivity contribution < 1.29 is 14.3 Å². The zero-order valence-electron chi connectivity index (χ0n) is 15.5. The maximum Gasteiger partial charge on any atom is 0.316 e. The third kappa shape index (κ3) is 5.50. The molecule has 0 radical (unpaired) electrons. The predicted molar refractivity (Wildman–Crippen MR) is 109 cm³/mol. The van der Waals surface area contributed by atoms with Crippen molar-refractivity contribution in [3.63, 3.8) is 0 Å². The van der Waals surface area contributed by atoms with Gasteiger partial charge in [0.2, 0.25) is 0 Å². The average Bonchev–Trinajstić information content (AvgIpc) is 3.09. The zero-order valence-corrected chi connectivity index (χ0v) is 17.1. The van der Waals surface area contributed by atoms with Crippen LogP contribution >= 0.6 is 23.4 Å². The molecule has 0 aliphatic rings. The quantitative estimate of drug-likeness (QED) is 0.396. The molecule has 0 fully saturated rings. The normalized spacial score (nSPS) is 10.9. The number of para-hydroxylation sites is 1. The molecule has 0 bridgehead atoms. The zero-order chi connectivity index (χ0) is 19.9. The number of ether oxygens (including phenoxy) is 2. The van der Waals surface area contributed by atoms with E-state index >= 15 is 0 Å². The van der Waals surface area contributed by atoms with Crippen molar-refractivity contribution in [1.29, 1.82) is 0 Å². The first-order valence-electron chi connectivity index (χ1n) is 8.73. The molecule has 0 N–H and O–H groups in total. The van der Waals surface area contributed by atoms with Crippen LogP contribution in [0.2, 0.25) is 5.02 Å². The van der Waals surface area contributed by atoms with Crippen LogP contribution in [-0.2, 0) is 16.1 Å². The Morgan fingerprint density at radius 1 is 1.11 bits per heavy atom. The van der Waals surface area contributed by atoms with Gasteiger partial charge in [0, 0.05) is 10.7 Å². The van der Waals surface area contributed by atoms with Crippen molar-refractivity contribution in [1.82, 2.24) is 14.8 Å². The summed E-state index contributed by atoms with van der Waals surface area (Å²) in [6.07, 6.45) is -0.150. The molecule has 0 unspecified atom stereocenters. The second-order valence-corrected chi connectivity index (χ2v) is 7.52. The van der Waals surface area contributed by atoms with Gasteiger partial charge in [-0.1, -0.05) is 41.6 Å². The highest BCUT2D eigenvalue weighted by Gasteiger charge is 2.17. The van der Waals surface area contributed by atoms with Crippen molar-refractivity contribution in [2.45, 2.75) is 31.7 Å². The van der Waals surface area contributed by atoms with Crippen molar-refractivity contribution >= 4 is 29.3 Å². The Labute approximate surface area is 172 Å². The van der Waals surface area contributed by atoms with Crippen LogP contribution in [0.15, 0.2) is 59.8 Å². The van der Waals surface area contributed by atoms with Crippen LogP contribution in [0.4, 0.5) is 0 Å². The van der Waals surface area contributed by atoms with Crippen LogP contribution in [0, 0.1) is 0 Å². The lowest BCUT2D eigenvalue weighted by atomic mass is 10.3. The van der Waals surface area contributed by atoms with Crippen molar-refractivity contribution in [3.05, 3.63) is 65.4 Å². The Bertz CT molecular complexity index is 914. The van der Waals surface area contributed by atoms with Gasteiger partial charge >= 0.3 is 5.97 Å². The molecule has 8 heteroatoms. The van der Waals surface area contributed by atoms with E-state index in [9.17, 15) is 4.79 Å². The summed E-state index contributed by atoms with van der Waals surface area (Å²) in [6, 6.07) is 16.8. The van der Waals surface area contributed by atoms with Crippen molar-refractivity contribution in [3.8, 4) is 11.4 Å². The van der Waals surface area contributed by atoms with Gasteiger partial charge in [-0.3, -0.25) is 9.36 Å². The molecular formula is C20H20ClN3O3S. The minimum atomic E-state index is -0.290. The summed E-state index contributed by atoms with van der Waals surface area (Å²) in [5.41, 5.74) is 0.891. The number of hydrogen-bond acceptors (Lipinski definition) is 6. The molecule has 0 aliphatic carbocycles. The lowest BCUT2D eigenvalue weighted by molar-refractivity contribution is -0.144. The summed E-state index contributed by atoms with van der Waals surface area (Å²) in [5.74, 6) is 1.17. The molecule has 6 nitrogen and oxygen atoms in total. The monoisotopic (exact) mass is 417 g/mol. The Balaban J connectivity index is 1.78. The van der Waals surface area contributed by atoms with Gasteiger partial charge in [-0.05, 0) is 50.2 Å². The second kappa shape index (κ2) is 9.61. The molecule has 0 amide bonds. The summed E-state index contributed by atoms with van der Waals surface area (Å²) >= 11 is 7.18. The first-order chi connectivity index (χ1) is 13.5. The van der Waals surface area contributed by atoms with Crippen molar-refractivity contribution in [2.75, 3.05) is 5.75 Å². The summed E-state index contributed by atoms with van der Waals surface area (Å²) in [6.45, 7) is 3.86. The number of hydrogen-bond donors (Lipinski definition) is 0. The van der Waals surface area contributed by atoms with Gasteiger partial charge in [0.1, 0.15) is 12.4 Å². The van der Waals surface area contributed by atoms with E-state index in [0.717, 1.165) is 5.69 Å². The van der Waals surface area contributed by atoms with Gasteiger partial charge in [0.15, 0.2) is 11.0 Å². The highest BCUT2D eigenvalue weighted by molar-refractivity contribution is 7.99. The number of carbonyl (C=O) groups is 1. The predicted octanol–water partition coefficient (Wildman–Crippen LogP) is 4.54. The lowest BCUT2D eigenvalue weighted by Gasteiger charge is -2.11. The smallest absolute Gasteiger partial charge is 0.316 e. The van der Waals surface area contributed by atoms with Gasteiger partial charge in [0.05, 0.1) is 11.9 Å². The van der Waals surface area contributed by atoms with Crippen molar-refractivity contribution in [2.24, 2.45) is 0 Å². The summed E-state index contributed by atoms with van der Waals surface area (Å²) in [7, 11) is 0. The van der Waals surface area contributed by atoms with E-state index in [1.54, 1.807) is 24.3 Å². The first kappa shape index (κ1) is 20.2. The number of nitrogens with zero attached hydrogens (tertiary/aromatic N) is 3. The summed E-state index contributed by atoms with van der Waals surface area (Å²) in [4.78, 5) is 11.9. The maximum absolute atomic E-state index is 11.9. The number of rotatable bonds is 8. The lowest BCUT2D eigenvalue weighted by Crippen LogP contribution is -2.14. The number of carbonyl (C=O) groups excluding carboxylic acids is 1. The largest absolute Gasteiger partial charge is 0.486 e. The minimum Gasteiger partial charge on any atom is -0.486 e. The molecule has 28 heavy (non-hydrogen) atoms. The Kier molecular flexibility index (Phi) is 6.95. The highest BCUT2D eigenvalue weighted by atomic mass is 35.5. The molecule has 0 saturated heterocycles. The molecule has 3 aromatic rings. The van der Waals surface area contributed by atoms with Crippen LogP contribution in [0.5, 0.6) is 5.75 Å². The highest BCUT2D eigenvalue weighted by Crippen LogP contribution is 2.24. The van der Waals surface area contributed by atoms with E-state index < -0.39 is 0 Å². The fraction of sp³-hybridized carbons (Fsp3) is 0.250. The van der Waals surface area contributed by atoms with E-state index in [0.29, 0.717) is 21.8 Å². The van der Waals surface area contributed by atoms with E-state index in [2.05, 4.69) is 10.2 Å². The van der Waals surface area contributed by atoms with Crippen LogP contribution < -0.4 is 4.74 Å². The maximum atomic E-state index is 11.9. The van der Waals surface area contributed by atoms with Gasteiger partial charge in [-0.25, -0.2) is 0 Å². The molecule has 3 rings (SSSR count). The van der Waals surface area contributed by atoms with Gasteiger partial charge in [-0.15, -0.1) is 10.2 Å². The molecule has 0 atom stereocenters. The molecule has 1 heterocycles. The second-order valence-electron chi connectivity index (χ2n) is 6.14. The molecular weight excluding hydrogens is 398 g/mol. The standard InChI is InChI=1S/C20H20ClN3O3S/c1-14(2)27-19(25)13-28-20-23-22-18(24(20)16-6-4-3-5-7-16)12-26-17-10-8-15(21)9-11-17/h3-11,14H,12-13H2,1-2H3. The van der Waals surface area contributed by atoms with E-state index in [-0.39, 0.29) is 24.4 Å². The molecule has 146 valence electrons. The van der Waals surface area contributed by atoms with E-state index in [1.165, 1.54) is 11.8 Å². The number of thioether (sulfide) groups is 1. The fourth-order valence-corrected chi connectivity index (χ4v) is 3.30.